The first-order valence-corrected chi connectivity index (χ1v) is 12.9. The Morgan fingerprint density at radius 3 is 2.54 bits per heavy atom. The van der Waals surface area contributed by atoms with Gasteiger partial charge in [0, 0.05) is 61.6 Å². The quantitative estimate of drug-likeness (QED) is 0.258. The van der Waals surface area contributed by atoms with E-state index in [2.05, 4.69) is 50.0 Å². The highest BCUT2D eigenvalue weighted by atomic mass is 35.5. The summed E-state index contributed by atoms with van der Waals surface area (Å²) in [6.07, 6.45) is 2.07. The van der Waals surface area contributed by atoms with Crippen molar-refractivity contribution < 1.29 is 9.53 Å². The van der Waals surface area contributed by atoms with Crippen LogP contribution in [0.5, 0.6) is 5.75 Å². The molecule has 2 aromatic carbocycles. The van der Waals surface area contributed by atoms with Gasteiger partial charge in [0.25, 0.3) is 5.91 Å². The minimum absolute atomic E-state index is 0.107. The van der Waals surface area contributed by atoms with Crippen molar-refractivity contribution in [1.82, 2.24) is 19.4 Å². The molecule has 0 aliphatic rings. The molecule has 2 heterocycles. The molecule has 4 rings (SSSR count). The van der Waals surface area contributed by atoms with Gasteiger partial charge in [-0.15, -0.1) is 0 Å². The number of anilines is 4. The Labute approximate surface area is 234 Å². The van der Waals surface area contributed by atoms with Crippen molar-refractivity contribution in [3.05, 3.63) is 66.0 Å². The van der Waals surface area contributed by atoms with Crippen molar-refractivity contribution in [2.75, 3.05) is 56.9 Å². The summed E-state index contributed by atoms with van der Waals surface area (Å²) in [6.45, 7) is 7.03. The zero-order valence-electron chi connectivity index (χ0n) is 23.2. The van der Waals surface area contributed by atoms with Gasteiger partial charge in [-0.25, -0.2) is 9.97 Å². The lowest BCUT2D eigenvalue weighted by molar-refractivity contribution is -0.112. The fourth-order valence-electron chi connectivity index (χ4n) is 4.34. The highest BCUT2D eigenvalue weighted by Crippen LogP contribution is 2.38. The van der Waals surface area contributed by atoms with Crippen LogP contribution in [0, 0.1) is 6.92 Å². The number of rotatable bonds is 10. The molecular formula is C29H34ClN7O2. The molecule has 0 fully saturated rings. The number of likely N-dealkylation sites (N-methyl/N-ethyl adjacent to an activating group) is 2. The summed E-state index contributed by atoms with van der Waals surface area (Å²) in [5.41, 5.74) is 5.65. The van der Waals surface area contributed by atoms with E-state index in [1.807, 2.05) is 64.3 Å². The summed E-state index contributed by atoms with van der Waals surface area (Å²) in [4.78, 5) is 26.1. The lowest BCUT2D eigenvalue weighted by Crippen LogP contribution is -2.29. The number of amides is 1. The number of nitrogens with zero attached hydrogens (tertiary/aromatic N) is 5. The van der Waals surface area contributed by atoms with Crippen LogP contribution in [0.1, 0.15) is 5.69 Å². The molecule has 0 radical (unpaired) electrons. The maximum atomic E-state index is 12.5. The van der Waals surface area contributed by atoms with E-state index in [9.17, 15) is 4.79 Å². The third kappa shape index (κ3) is 6.32. The lowest BCUT2D eigenvalue weighted by atomic mass is 10.1. The normalized spacial score (nSPS) is 11.1. The number of fused-ring (bicyclic) bond motifs is 1. The standard InChI is InChI=1S/C29H34ClN7O2/c1-18-14-22(21-17-37(6)25-11-9-8-10-20(21)25)33-29(31-18)34-24-15-23(32-28(38)19(2)30)26(16-27(24)39-7)36(5)13-12-35(3)4/h8-11,14-17H,2,12-13H2,1,3-7H3,(H,32,38)(H,31,33,34). The molecule has 10 heteroatoms. The van der Waals surface area contributed by atoms with E-state index in [0.29, 0.717) is 23.1 Å². The number of carbonyl (C=O) groups is 1. The van der Waals surface area contributed by atoms with E-state index in [4.69, 9.17) is 21.3 Å². The molecule has 0 spiro atoms. The lowest BCUT2D eigenvalue weighted by Gasteiger charge is -2.26. The number of hydrogen-bond donors (Lipinski definition) is 2. The fourth-order valence-corrected chi connectivity index (χ4v) is 4.39. The Hall–Kier alpha value is -4.08. The van der Waals surface area contributed by atoms with Crippen LogP contribution in [0.3, 0.4) is 0 Å². The summed E-state index contributed by atoms with van der Waals surface area (Å²) in [5.74, 6) is 0.491. The zero-order valence-corrected chi connectivity index (χ0v) is 23.9. The van der Waals surface area contributed by atoms with E-state index in [1.54, 1.807) is 13.2 Å². The summed E-state index contributed by atoms with van der Waals surface area (Å²) >= 11 is 5.89. The number of methoxy groups -OCH3 is 1. The summed E-state index contributed by atoms with van der Waals surface area (Å²) in [5, 5.41) is 7.17. The molecule has 0 aliphatic carbocycles. The van der Waals surface area contributed by atoms with Crippen molar-refractivity contribution in [1.29, 1.82) is 0 Å². The number of nitrogens with one attached hydrogen (secondary N) is 2. The van der Waals surface area contributed by atoms with Gasteiger partial charge >= 0.3 is 0 Å². The van der Waals surface area contributed by atoms with Gasteiger partial charge in [0.15, 0.2) is 0 Å². The second kappa shape index (κ2) is 11.8. The first kappa shape index (κ1) is 27.9. The van der Waals surface area contributed by atoms with Crippen LogP contribution in [-0.2, 0) is 11.8 Å². The molecule has 0 bridgehead atoms. The Balaban J connectivity index is 1.75. The number of aryl methyl sites for hydroxylation is 2. The van der Waals surface area contributed by atoms with Gasteiger partial charge < -0.3 is 29.7 Å². The molecular weight excluding hydrogens is 514 g/mol. The van der Waals surface area contributed by atoms with Gasteiger partial charge in [0.1, 0.15) is 5.75 Å². The smallest absolute Gasteiger partial charge is 0.266 e. The molecule has 0 aliphatic heterocycles. The van der Waals surface area contributed by atoms with Crippen LogP contribution >= 0.6 is 11.6 Å². The third-order valence-corrected chi connectivity index (χ3v) is 6.55. The van der Waals surface area contributed by atoms with Gasteiger partial charge in [-0.1, -0.05) is 36.4 Å². The van der Waals surface area contributed by atoms with Crippen LogP contribution in [-0.4, -0.2) is 66.7 Å². The average Bonchev–Trinajstić information content (AvgIpc) is 3.23. The summed E-state index contributed by atoms with van der Waals surface area (Å²) in [6, 6.07) is 13.8. The van der Waals surface area contributed by atoms with Gasteiger partial charge in [-0.05, 0) is 39.2 Å². The Morgan fingerprint density at radius 1 is 1.10 bits per heavy atom. The van der Waals surface area contributed by atoms with Gasteiger partial charge in [-0.2, -0.15) is 0 Å². The monoisotopic (exact) mass is 547 g/mol. The van der Waals surface area contributed by atoms with Crippen LogP contribution in [0.25, 0.3) is 22.2 Å². The predicted molar refractivity (Wildman–Crippen MR) is 160 cm³/mol. The predicted octanol–water partition coefficient (Wildman–Crippen LogP) is 5.38. The average molecular weight is 548 g/mol. The molecule has 0 atom stereocenters. The molecule has 0 saturated heterocycles. The van der Waals surface area contributed by atoms with Crippen LogP contribution < -0.4 is 20.3 Å². The minimum Gasteiger partial charge on any atom is -0.494 e. The maximum absolute atomic E-state index is 12.5. The van der Waals surface area contributed by atoms with E-state index in [-0.39, 0.29) is 5.03 Å². The number of aromatic nitrogens is 3. The maximum Gasteiger partial charge on any atom is 0.266 e. The number of ether oxygens (including phenoxy) is 1. The zero-order chi connectivity index (χ0) is 28.3. The molecule has 1 amide bonds. The Morgan fingerprint density at radius 2 is 1.85 bits per heavy atom. The Bertz CT molecular complexity index is 1530. The molecule has 2 N–H and O–H groups in total. The van der Waals surface area contributed by atoms with Crippen LogP contribution in [0.15, 0.2) is 60.3 Å². The van der Waals surface area contributed by atoms with Gasteiger partial charge in [0.2, 0.25) is 5.95 Å². The number of benzene rings is 2. The van der Waals surface area contributed by atoms with E-state index >= 15 is 0 Å². The molecule has 39 heavy (non-hydrogen) atoms. The third-order valence-electron chi connectivity index (χ3n) is 6.38. The topological polar surface area (TPSA) is 87.5 Å². The summed E-state index contributed by atoms with van der Waals surface area (Å²) in [7, 11) is 9.59. The van der Waals surface area contributed by atoms with Crippen molar-refractivity contribution >= 4 is 51.4 Å². The van der Waals surface area contributed by atoms with E-state index < -0.39 is 5.91 Å². The highest BCUT2D eigenvalue weighted by molar-refractivity contribution is 6.43. The number of hydrogen-bond acceptors (Lipinski definition) is 7. The SMILES string of the molecule is C=C(Cl)C(=O)Nc1cc(Nc2nc(C)cc(-c3cn(C)c4ccccc34)n2)c(OC)cc1N(C)CCN(C)C. The van der Waals surface area contributed by atoms with Crippen molar-refractivity contribution in [3.8, 4) is 17.0 Å². The van der Waals surface area contributed by atoms with Crippen molar-refractivity contribution in [2.24, 2.45) is 7.05 Å². The molecule has 2 aromatic heterocycles. The van der Waals surface area contributed by atoms with Crippen molar-refractivity contribution in [3.63, 3.8) is 0 Å². The molecule has 9 nitrogen and oxygen atoms in total. The first-order chi connectivity index (χ1) is 18.6. The molecule has 0 unspecified atom stereocenters. The van der Waals surface area contributed by atoms with Crippen molar-refractivity contribution in [2.45, 2.75) is 6.92 Å². The van der Waals surface area contributed by atoms with Gasteiger partial charge in [0.05, 0.1) is 34.9 Å². The number of carbonyl (C=O) groups excluding carboxylic acids is 1. The van der Waals surface area contributed by atoms with E-state index in [1.165, 1.54) is 0 Å². The second-order valence-corrected chi connectivity index (χ2v) is 10.1. The van der Waals surface area contributed by atoms with Crippen LogP contribution in [0.2, 0.25) is 0 Å². The number of para-hydroxylation sites is 1. The number of halogens is 1. The second-order valence-electron chi connectivity index (χ2n) is 9.67. The molecule has 0 saturated carbocycles. The molecule has 204 valence electrons. The minimum atomic E-state index is -0.486. The van der Waals surface area contributed by atoms with Crippen LogP contribution in [0.4, 0.5) is 23.0 Å². The first-order valence-electron chi connectivity index (χ1n) is 12.5. The molecule has 4 aromatic rings. The highest BCUT2D eigenvalue weighted by Gasteiger charge is 2.18. The van der Waals surface area contributed by atoms with Gasteiger partial charge in [-0.3, -0.25) is 4.79 Å². The Kier molecular flexibility index (Phi) is 8.42. The van der Waals surface area contributed by atoms with E-state index in [0.717, 1.165) is 46.6 Å². The largest absolute Gasteiger partial charge is 0.494 e. The summed E-state index contributed by atoms with van der Waals surface area (Å²) < 4.78 is 7.82. The fraction of sp³-hybridized carbons (Fsp3) is 0.276.